The first-order valence-corrected chi connectivity index (χ1v) is 7.62. The number of ether oxygens (including phenoxy) is 4. The van der Waals surface area contributed by atoms with E-state index in [0.29, 0.717) is 23.0 Å². The van der Waals surface area contributed by atoms with Crippen molar-refractivity contribution < 1.29 is 23.7 Å². The maximum Gasteiger partial charge on any atom is 0.150 e. The molecule has 1 saturated carbocycles. The van der Waals surface area contributed by atoms with Crippen LogP contribution in [-0.2, 0) is 4.79 Å². The molecular formula is C19H20O5. The van der Waals surface area contributed by atoms with Gasteiger partial charge in [0.05, 0.1) is 40.3 Å². The minimum Gasteiger partial charge on any atom is -0.497 e. The Morgan fingerprint density at radius 3 is 1.42 bits per heavy atom. The predicted octanol–water partition coefficient (Wildman–Crippen LogP) is 3.17. The van der Waals surface area contributed by atoms with Crippen LogP contribution in [0, 0.1) is 0 Å². The first-order valence-electron chi connectivity index (χ1n) is 7.62. The summed E-state index contributed by atoms with van der Waals surface area (Å²) in [6.07, 6.45) is 0. The Bertz CT molecular complexity index is 705. The van der Waals surface area contributed by atoms with Gasteiger partial charge >= 0.3 is 0 Å². The molecule has 1 aliphatic carbocycles. The molecule has 2 aromatic carbocycles. The number of hydrogen-bond donors (Lipinski definition) is 0. The molecular weight excluding hydrogens is 308 g/mol. The average Bonchev–Trinajstić information content (AvgIpc) is 3.30. The molecule has 0 spiro atoms. The summed E-state index contributed by atoms with van der Waals surface area (Å²) in [6.45, 7) is 0. The lowest BCUT2D eigenvalue weighted by atomic mass is 10.0. The zero-order chi connectivity index (χ0) is 17.3. The second-order valence-corrected chi connectivity index (χ2v) is 5.57. The van der Waals surface area contributed by atoms with Gasteiger partial charge in [0.15, 0.2) is 0 Å². The van der Waals surface area contributed by atoms with E-state index in [1.807, 2.05) is 36.4 Å². The third kappa shape index (κ3) is 2.66. The van der Waals surface area contributed by atoms with Gasteiger partial charge < -0.3 is 18.9 Å². The summed E-state index contributed by atoms with van der Waals surface area (Å²) in [6, 6.07) is 11.0. The van der Waals surface area contributed by atoms with Gasteiger partial charge in [-0.25, -0.2) is 0 Å². The fourth-order valence-electron chi connectivity index (χ4n) is 3.07. The third-order valence-electron chi connectivity index (χ3n) is 4.38. The van der Waals surface area contributed by atoms with Crippen molar-refractivity contribution in [1.82, 2.24) is 0 Å². The van der Waals surface area contributed by atoms with Gasteiger partial charge in [-0.05, 0) is 36.4 Å². The van der Waals surface area contributed by atoms with E-state index in [0.717, 1.165) is 11.1 Å². The lowest BCUT2D eigenvalue weighted by molar-refractivity contribution is -0.110. The van der Waals surface area contributed by atoms with Gasteiger partial charge in [0.1, 0.15) is 28.8 Å². The van der Waals surface area contributed by atoms with Crippen molar-refractivity contribution in [2.24, 2.45) is 0 Å². The SMILES string of the molecule is COc1ccc(OC)c(C2C(=O)C2c2cc(OC)ccc2OC)c1. The van der Waals surface area contributed by atoms with E-state index < -0.39 is 0 Å². The highest BCUT2D eigenvalue weighted by Crippen LogP contribution is 2.55. The largest absolute Gasteiger partial charge is 0.497 e. The van der Waals surface area contributed by atoms with Crippen LogP contribution in [0.1, 0.15) is 23.0 Å². The standard InChI is InChI=1S/C19H20O5/c1-21-11-5-7-15(23-3)13(9-11)17-18(19(17)20)14-10-12(22-2)6-8-16(14)24-4/h5-10,17-18H,1-4H3. The summed E-state index contributed by atoms with van der Waals surface area (Å²) in [4.78, 5) is 12.6. The first kappa shape index (κ1) is 16.2. The highest BCUT2D eigenvalue weighted by atomic mass is 16.5. The number of rotatable bonds is 6. The average molecular weight is 328 g/mol. The monoisotopic (exact) mass is 328 g/mol. The van der Waals surface area contributed by atoms with E-state index in [4.69, 9.17) is 18.9 Å². The first-order chi connectivity index (χ1) is 11.6. The zero-order valence-corrected chi connectivity index (χ0v) is 14.2. The van der Waals surface area contributed by atoms with Crippen LogP contribution in [0.3, 0.4) is 0 Å². The molecule has 2 unspecified atom stereocenters. The van der Waals surface area contributed by atoms with E-state index in [1.165, 1.54) is 0 Å². The van der Waals surface area contributed by atoms with Crippen molar-refractivity contribution in [3.8, 4) is 23.0 Å². The Morgan fingerprint density at radius 1 is 0.667 bits per heavy atom. The minimum absolute atomic E-state index is 0.133. The van der Waals surface area contributed by atoms with Crippen LogP contribution in [0.4, 0.5) is 0 Å². The molecule has 2 atom stereocenters. The molecule has 1 aliphatic rings. The maximum atomic E-state index is 12.6. The minimum atomic E-state index is -0.268. The number of hydrogen-bond acceptors (Lipinski definition) is 5. The Morgan fingerprint density at radius 2 is 1.08 bits per heavy atom. The fraction of sp³-hybridized carbons (Fsp3) is 0.316. The lowest BCUT2D eigenvalue weighted by Crippen LogP contribution is -1.95. The van der Waals surface area contributed by atoms with E-state index in [9.17, 15) is 4.79 Å². The predicted molar refractivity (Wildman–Crippen MR) is 89.6 cm³/mol. The molecule has 3 rings (SSSR count). The van der Waals surface area contributed by atoms with Crippen molar-refractivity contribution in [2.45, 2.75) is 11.8 Å². The topological polar surface area (TPSA) is 54.0 Å². The number of ketones is 1. The van der Waals surface area contributed by atoms with Gasteiger partial charge in [0.25, 0.3) is 0 Å². The van der Waals surface area contributed by atoms with E-state index in [-0.39, 0.29) is 17.6 Å². The van der Waals surface area contributed by atoms with Crippen LogP contribution >= 0.6 is 0 Å². The van der Waals surface area contributed by atoms with Crippen molar-refractivity contribution in [3.63, 3.8) is 0 Å². The highest BCUT2D eigenvalue weighted by Gasteiger charge is 2.53. The molecule has 0 heterocycles. The summed E-state index contributed by atoms with van der Waals surface area (Å²) in [5, 5.41) is 0. The quantitative estimate of drug-likeness (QED) is 0.815. The van der Waals surface area contributed by atoms with Gasteiger partial charge in [-0.1, -0.05) is 0 Å². The normalized spacial score (nSPS) is 18.9. The summed E-state index contributed by atoms with van der Waals surface area (Å²) < 4.78 is 21.4. The maximum absolute atomic E-state index is 12.6. The summed E-state index contributed by atoms with van der Waals surface area (Å²) in [5.74, 6) is 2.35. The van der Waals surface area contributed by atoms with Crippen molar-refractivity contribution in [2.75, 3.05) is 28.4 Å². The molecule has 1 fully saturated rings. The number of benzene rings is 2. The molecule has 0 N–H and O–H groups in total. The molecule has 0 saturated heterocycles. The Balaban J connectivity index is 2.01. The molecule has 2 aromatic rings. The zero-order valence-electron chi connectivity index (χ0n) is 14.2. The second-order valence-electron chi connectivity index (χ2n) is 5.57. The van der Waals surface area contributed by atoms with Crippen molar-refractivity contribution in [3.05, 3.63) is 47.5 Å². The number of carbonyl (C=O) groups excluding carboxylic acids is 1. The fourth-order valence-corrected chi connectivity index (χ4v) is 3.07. The van der Waals surface area contributed by atoms with Gasteiger partial charge in [-0.3, -0.25) is 4.79 Å². The summed E-state index contributed by atoms with van der Waals surface area (Å²) in [7, 11) is 6.39. The van der Waals surface area contributed by atoms with Gasteiger partial charge in [-0.2, -0.15) is 0 Å². The number of methoxy groups -OCH3 is 4. The summed E-state index contributed by atoms with van der Waals surface area (Å²) in [5.41, 5.74) is 1.66. The second kappa shape index (κ2) is 6.43. The van der Waals surface area contributed by atoms with Crippen LogP contribution in [0.2, 0.25) is 0 Å². The third-order valence-corrected chi connectivity index (χ3v) is 4.38. The van der Waals surface area contributed by atoms with Gasteiger partial charge in [-0.15, -0.1) is 0 Å². The van der Waals surface area contributed by atoms with Crippen LogP contribution in [0.5, 0.6) is 23.0 Å². The van der Waals surface area contributed by atoms with E-state index >= 15 is 0 Å². The lowest BCUT2D eigenvalue weighted by Gasteiger charge is -2.11. The number of Topliss-reactive ketones (excluding diaryl/α,β-unsaturated/α-hetero) is 1. The Hall–Kier alpha value is -2.69. The molecule has 0 radical (unpaired) electrons. The van der Waals surface area contributed by atoms with Crippen LogP contribution < -0.4 is 18.9 Å². The molecule has 0 aliphatic heterocycles. The van der Waals surface area contributed by atoms with E-state index in [2.05, 4.69) is 0 Å². The van der Waals surface area contributed by atoms with Gasteiger partial charge in [0, 0.05) is 11.1 Å². The molecule has 0 bridgehead atoms. The van der Waals surface area contributed by atoms with Crippen LogP contribution in [0.25, 0.3) is 0 Å². The Labute approximate surface area is 141 Å². The molecule has 5 heteroatoms. The molecule has 0 amide bonds. The van der Waals surface area contributed by atoms with Crippen LogP contribution in [0.15, 0.2) is 36.4 Å². The van der Waals surface area contributed by atoms with Crippen molar-refractivity contribution >= 4 is 5.78 Å². The van der Waals surface area contributed by atoms with Crippen molar-refractivity contribution in [1.29, 1.82) is 0 Å². The summed E-state index contributed by atoms with van der Waals surface area (Å²) >= 11 is 0. The van der Waals surface area contributed by atoms with Gasteiger partial charge in [0.2, 0.25) is 0 Å². The Kier molecular flexibility index (Phi) is 4.34. The highest BCUT2D eigenvalue weighted by molar-refractivity contribution is 6.10. The van der Waals surface area contributed by atoms with Crippen LogP contribution in [-0.4, -0.2) is 34.2 Å². The smallest absolute Gasteiger partial charge is 0.150 e. The molecule has 24 heavy (non-hydrogen) atoms. The molecule has 126 valence electrons. The molecule has 5 nitrogen and oxygen atoms in total. The van der Waals surface area contributed by atoms with E-state index in [1.54, 1.807) is 28.4 Å². The number of carbonyl (C=O) groups is 1. The molecule has 0 aromatic heterocycles.